The predicted octanol–water partition coefficient (Wildman–Crippen LogP) is 2.01. The maximum Gasteiger partial charge on any atom is 0.251 e. The van der Waals surface area contributed by atoms with Crippen molar-refractivity contribution in [3.63, 3.8) is 0 Å². The van der Waals surface area contributed by atoms with Crippen LogP contribution >= 0.6 is 0 Å². The Hall–Kier alpha value is -2.14. The molecular weight excluding hydrogens is 266 g/mol. The Morgan fingerprint density at radius 2 is 2.19 bits per heavy atom. The van der Waals surface area contributed by atoms with Crippen LogP contribution in [0.15, 0.2) is 42.7 Å². The molecule has 0 saturated heterocycles. The summed E-state index contributed by atoms with van der Waals surface area (Å²) in [6, 6.07) is 9.05. The number of aromatic nitrogens is 2. The van der Waals surface area contributed by atoms with Crippen LogP contribution in [0.25, 0.3) is 5.69 Å². The third-order valence-corrected chi connectivity index (χ3v) is 3.12. The summed E-state index contributed by atoms with van der Waals surface area (Å²) in [4.78, 5) is 12.1. The van der Waals surface area contributed by atoms with Gasteiger partial charge in [-0.3, -0.25) is 4.79 Å². The Kier molecular flexibility index (Phi) is 5.11. The van der Waals surface area contributed by atoms with Gasteiger partial charge in [-0.15, -0.1) is 0 Å². The molecule has 0 fully saturated rings. The highest BCUT2D eigenvalue weighted by Gasteiger charge is 2.11. The number of hydrogen-bond acceptors (Lipinski definition) is 3. The van der Waals surface area contributed by atoms with Crippen LogP contribution in [-0.2, 0) is 0 Å². The van der Waals surface area contributed by atoms with Crippen molar-refractivity contribution >= 4 is 5.91 Å². The van der Waals surface area contributed by atoms with Crippen molar-refractivity contribution in [3.05, 3.63) is 48.3 Å². The van der Waals surface area contributed by atoms with E-state index in [2.05, 4.69) is 10.4 Å². The van der Waals surface area contributed by atoms with E-state index in [1.165, 1.54) is 0 Å². The van der Waals surface area contributed by atoms with Crippen LogP contribution in [-0.4, -0.2) is 33.4 Å². The monoisotopic (exact) mass is 287 g/mol. The lowest BCUT2D eigenvalue weighted by molar-refractivity contribution is 0.0900. The summed E-state index contributed by atoms with van der Waals surface area (Å²) in [7, 11) is 0. The highest BCUT2D eigenvalue weighted by atomic mass is 16.3. The number of aliphatic hydroxyl groups excluding tert-OH is 1. The maximum atomic E-state index is 12.1. The number of benzene rings is 1. The number of aliphatic hydroxyl groups is 1. The van der Waals surface area contributed by atoms with Gasteiger partial charge >= 0.3 is 0 Å². The molecule has 1 amide bonds. The third kappa shape index (κ3) is 4.43. The minimum absolute atomic E-state index is 0.188. The quantitative estimate of drug-likeness (QED) is 0.854. The molecule has 21 heavy (non-hydrogen) atoms. The van der Waals surface area contributed by atoms with Gasteiger partial charge in [-0.1, -0.05) is 19.9 Å². The van der Waals surface area contributed by atoms with Gasteiger partial charge in [0, 0.05) is 24.5 Å². The van der Waals surface area contributed by atoms with Crippen LogP contribution in [0.2, 0.25) is 0 Å². The van der Waals surface area contributed by atoms with Gasteiger partial charge in [-0.2, -0.15) is 5.10 Å². The zero-order valence-electron chi connectivity index (χ0n) is 12.4. The summed E-state index contributed by atoms with van der Waals surface area (Å²) < 4.78 is 1.70. The van der Waals surface area contributed by atoms with Crippen molar-refractivity contribution in [2.75, 3.05) is 6.54 Å². The van der Waals surface area contributed by atoms with Crippen molar-refractivity contribution in [3.8, 4) is 5.69 Å². The smallest absolute Gasteiger partial charge is 0.251 e. The first-order valence-electron chi connectivity index (χ1n) is 7.12. The van der Waals surface area contributed by atoms with E-state index < -0.39 is 6.10 Å². The molecule has 0 radical (unpaired) electrons. The first kappa shape index (κ1) is 15.3. The van der Waals surface area contributed by atoms with Gasteiger partial charge in [0.25, 0.3) is 5.91 Å². The van der Waals surface area contributed by atoms with Gasteiger partial charge in [0.05, 0.1) is 11.8 Å². The fourth-order valence-electron chi connectivity index (χ4n) is 2.15. The highest BCUT2D eigenvalue weighted by molar-refractivity contribution is 5.94. The maximum absolute atomic E-state index is 12.1. The van der Waals surface area contributed by atoms with E-state index in [0.717, 1.165) is 5.69 Å². The SMILES string of the molecule is CC(C)CC(O)CNC(=O)c1cccc(-n2cccn2)c1. The molecule has 1 unspecified atom stereocenters. The molecular formula is C16H21N3O2. The molecule has 112 valence electrons. The van der Waals surface area contributed by atoms with Crippen LogP contribution in [0.3, 0.4) is 0 Å². The Morgan fingerprint density at radius 3 is 2.86 bits per heavy atom. The van der Waals surface area contributed by atoms with Gasteiger partial charge < -0.3 is 10.4 Å². The fraction of sp³-hybridized carbons (Fsp3) is 0.375. The molecule has 0 saturated carbocycles. The van der Waals surface area contributed by atoms with Crippen LogP contribution in [0, 0.1) is 5.92 Å². The fourth-order valence-corrected chi connectivity index (χ4v) is 2.15. The van der Waals surface area contributed by atoms with Crippen LogP contribution in [0.4, 0.5) is 0 Å². The van der Waals surface area contributed by atoms with E-state index in [9.17, 15) is 9.90 Å². The first-order valence-corrected chi connectivity index (χ1v) is 7.12. The van der Waals surface area contributed by atoms with Crippen molar-refractivity contribution in [1.29, 1.82) is 0 Å². The minimum atomic E-state index is -0.511. The Balaban J connectivity index is 1.98. The van der Waals surface area contributed by atoms with Gasteiger partial charge in [0.15, 0.2) is 0 Å². The number of carbonyl (C=O) groups excluding carboxylic acids is 1. The zero-order chi connectivity index (χ0) is 15.2. The molecule has 2 N–H and O–H groups in total. The van der Waals surface area contributed by atoms with E-state index in [4.69, 9.17) is 0 Å². The lowest BCUT2D eigenvalue weighted by Gasteiger charge is -2.14. The summed E-state index contributed by atoms with van der Waals surface area (Å²) in [5, 5.41) is 16.7. The topological polar surface area (TPSA) is 67.2 Å². The average molecular weight is 287 g/mol. The molecule has 1 heterocycles. The number of rotatable bonds is 6. The van der Waals surface area contributed by atoms with Gasteiger partial charge in [-0.05, 0) is 36.6 Å². The second-order valence-corrected chi connectivity index (χ2v) is 5.49. The standard InChI is InChI=1S/C16H21N3O2/c1-12(2)9-15(20)11-17-16(21)13-5-3-6-14(10-13)19-8-4-7-18-19/h3-8,10,12,15,20H,9,11H2,1-2H3,(H,17,21). The molecule has 0 aliphatic heterocycles. The first-order chi connectivity index (χ1) is 10.1. The molecule has 0 spiro atoms. The number of hydrogen-bond donors (Lipinski definition) is 2. The normalized spacial score (nSPS) is 12.4. The predicted molar refractivity (Wildman–Crippen MR) is 81.4 cm³/mol. The minimum Gasteiger partial charge on any atom is -0.391 e. The summed E-state index contributed by atoms with van der Waals surface area (Å²) in [6.07, 6.45) is 3.68. The Bertz CT molecular complexity index is 579. The van der Waals surface area contributed by atoms with E-state index >= 15 is 0 Å². The molecule has 0 aliphatic carbocycles. The summed E-state index contributed by atoms with van der Waals surface area (Å²) in [5.41, 5.74) is 1.38. The molecule has 5 nitrogen and oxygen atoms in total. The molecule has 5 heteroatoms. The number of carbonyl (C=O) groups is 1. The summed E-state index contributed by atoms with van der Waals surface area (Å²) >= 11 is 0. The largest absolute Gasteiger partial charge is 0.391 e. The molecule has 1 aromatic carbocycles. The number of amides is 1. The van der Waals surface area contributed by atoms with E-state index in [0.29, 0.717) is 17.9 Å². The number of nitrogens with zero attached hydrogens (tertiary/aromatic N) is 2. The third-order valence-electron chi connectivity index (χ3n) is 3.12. The van der Waals surface area contributed by atoms with Crippen LogP contribution < -0.4 is 5.32 Å². The Morgan fingerprint density at radius 1 is 1.38 bits per heavy atom. The van der Waals surface area contributed by atoms with Crippen LogP contribution in [0.5, 0.6) is 0 Å². The van der Waals surface area contributed by atoms with E-state index in [1.807, 2.05) is 38.2 Å². The molecule has 2 aromatic rings. The van der Waals surface area contributed by atoms with E-state index in [-0.39, 0.29) is 12.5 Å². The van der Waals surface area contributed by atoms with Crippen molar-refractivity contribution in [2.24, 2.45) is 5.92 Å². The van der Waals surface area contributed by atoms with Gasteiger partial charge in [0.1, 0.15) is 0 Å². The number of nitrogens with one attached hydrogen (secondary N) is 1. The molecule has 1 aromatic heterocycles. The summed E-state index contributed by atoms with van der Waals surface area (Å²) in [6.45, 7) is 4.35. The lowest BCUT2D eigenvalue weighted by atomic mass is 10.1. The molecule has 0 aliphatic rings. The lowest BCUT2D eigenvalue weighted by Crippen LogP contribution is -2.32. The summed E-state index contributed by atoms with van der Waals surface area (Å²) in [5.74, 6) is 0.215. The molecule has 1 atom stereocenters. The van der Waals surface area contributed by atoms with Crippen molar-refractivity contribution in [1.82, 2.24) is 15.1 Å². The van der Waals surface area contributed by atoms with Crippen molar-refractivity contribution in [2.45, 2.75) is 26.4 Å². The second kappa shape index (κ2) is 7.04. The average Bonchev–Trinajstić information content (AvgIpc) is 2.98. The van der Waals surface area contributed by atoms with Gasteiger partial charge in [0.2, 0.25) is 0 Å². The highest BCUT2D eigenvalue weighted by Crippen LogP contribution is 2.10. The second-order valence-electron chi connectivity index (χ2n) is 5.49. The van der Waals surface area contributed by atoms with Crippen molar-refractivity contribution < 1.29 is 9.90 Å². The zero-order valence-corrected chi connectivity index (χ0v) is 12.4. The van der Waals surface area contributed by atoms with Crippen LogP contribution in [0.1, 0.15) is 30.6 Å². The van der Waals surface area contributed by atoms with Gasteiger partial charge in [-0.25, -0.2) is 4.68 Å². The molecule has 0 bridgehead atoms. The molecule has 2 rings (SSSR count). The van der Waals surface area contributed by atoms with E-state index in [1.54, 1.807) is 23.0 Å². The Labute approximate surface area is 124 Å².